The molecule has 3 fully saturated rings. The van der Waals surface area contributed by atoms with Crippen LogP contribution < -0.4 is 0 Å². The molecule has 0 aromatic heterocycles. The van der Waals surface area contributed by atoms with Gasteiger partial charge in [0.2, 0.25) is 0 Å². The van der Waals surface area contributed by atoms with Crippen molar-refractivity contribution in [3.05, 3.63) is 35.9 Å². The highest BCUT2D eigenvalue weighted by molar-refractivity contribution is 5.26. The Kier molecular flexibility index (Phi) is 2.87. The maximum absolute atomic E-state index is 2.73. The Morgan fingerprint density at radius 1 is 0.632 bits per heavy atom. The van der Waals surface area contributed by atoms with Gasteiger partial charge in [-0.15, -0.1) is 0 Å². The highest BCUT2D eigenvalue weighted by atomic mass is 15.6. The molecule has 19 heavy (non-hydrogen) atoms. The van der Waals surface area contributed by atoms with Crippen molar-refractivity contribution in [2.45, 2.75) is 25.0 Å². The summed E-state index contributed by atoms with van der Waals surface area (Å²) >= 11 is 0. The van der Waals surface area contributed by atoms with Crippen molar-refractivity contribution in [1.29, 1.82) is 0 Å². The predicted octanol–water partition coefficient (Wildman–Crippen LogP) is 1.91. The van der Waals surface area contributed by atoms with Crippen LogP contribution in [0.4, 0.5) is 0 Å². The van der Waals surface area contributed by atoms with Gasteiger partial charge in [0.15, 0.2) is 5.79 Å². The molecule has 1 aromatic carbocycles. The topological polar surface area (TPSA) is 9.72 Å². The van der Waals surface area contributed by atoms with Crippen LogP contribution in [0.2, 0.25) is 0 Å². The van der Waals surface area contributed by atoms with Crippen LogP contribution in [0.1, 0.15) is 24.8 Å². The van der Waals surface area contributed by atoms with Gasteiger partial charge >= 0.3 is 0 Å². The smallest absolute Gasteiger partial charge is 0.158 e. The summed E-state index contributed by atoms with van der Waals surface area (Å²) in [4.78, 5) is 8.19. The van der Waals surface area contributed by atoms with Crippen LogP contribution in [0, 0.1) is 0 Å². The number of hydrogen-bond donors (Lipinski definition) is 0. The van der Waals surface area contributed by atoms with Crippen LogP contribution in [0.25, 0.3) is 0 Å². The lowest BCUT2D eigenvalue weighted by atomic mass is 9.93. The lowest BCUT2D eigenvalue weighted by molar-refractivity contribution is -0.236. The standard InChI is InChI=1S/C16H23N3/c1-2-7-15(8-3-1)16-17-9-4-10-18(16)12-6-14-19(16)13-5-11-17/h1-3,7-8H,4-6,9-14H2. The van der Waals surface area contributed by atoms with Crippen LogP contribution in [-0.2, 0) is 5.79 Å². The van der Waals surface area contributed by atoms with Gasteiger partial charge in [0.05, 0.1) is 0 Å². The number of benzene rings is 1. The third-order valence-corrected chi connectivity index (χ3v) is 5.05. The zero-order valence-electron chi connectivity index (χ0n) is 11.6. The van der Waals surface area contributed by atoms with Gasteiger partial charge < -0.3 is 0 Å². The van der Waals surface area contributed by atoms with E-state index in [0.717, 1.165) is 0 Å². The molecule has 1 aromatic rings. The predicted molar refractivity (Wildman–Crippen MR) is 76.7 cm³/mol. The molecular weight excluding hydrogens is 234 g/mol. The van der Waals surface area contributed by atoms with Gasteiger partial charge in [0.25, 0.3) is 0 Å². The van der Waals surface area contributed by atoms with Crippen molar-refractivity contribution in [3.63, 3.8) is 0 Å². The minimum Gasteiger partial charge on any atom is -0.269 e. The molecule has 3 heterocycles. The summed E-state index contributed by atoms with van der Waals surface area (Å²) in [6, 6.07) is 11.2. The second kappa shape index (κ2) is 4.58. The molecule has 0 radical (unpaired) electrons. The van der Waals surface area contributed by atoms with E-state index in [1.165, 1.54) is 64.1 Å². The highest BCUT2D eigenvalue weighted by Gasteiger charge is 2.53. The molecule has 3 saturated heterocycles. The van der Waals surface area contributed by atoms with Gasteiger partial charge in [-0.05, 0) is 19.3 Å². The zero-order chi connectivity index (χ0) is 12.7. The SMILES string of the molecule is c1ccc(C23N4CCCN2CCCN3CCC4)cc1. The van der Waals surface area contributed by atoms with Gasteiger partial charge in [-0.1, -0.05) is 30.3 Å². The average molecular weight is 257 g/mol. The van der Waals surface area contributed by atoms with Crippen LogP contribution >= 0.6 is 0 Å². The molecule has 102 valence electrons. The monoisotopic (exact) mass is 257 g/mol. The molecule has 0 saturated carbocycles. The summed E-state index contributed by atoms with van der Waals surface area (Å²) in [5.41, 5.74) is 1.48. The number of nitrogens with zero attached hydrogens (tertiary/aromatic N) is 3. The largest absolute Gasteiger partial charge is 0.269 e. The molecule has 3 nitrogen and oxygen atoms in total. The Labute approximate surface area is 115 Å². The van der Waals surface area contributed by atoms with E-state index in [2.05, 4.69) is 45.0 Å². The molecule has 0 aliphatic carbocycles. The summed E-state index contributed by atoms with van der Waals surface area (Å²) in [7, 11) is 0. The van der Waals surface area contributed by atoms with E-state index in [-0.39, 0.29) is 5.79 Å². The minimum absolute atomic E-state index is 0.0794. The molecule has 0 amide bonds. The van der Waals surface area contributed by atoms with E-state index >= 15 is 0 Å². The first-order valence-corrected chi connectivity index (χ1v) is 7.73. The Morgan fingerprint density at radius 3 is 1.47 bits per heavy atom. The number of rotatable bonds is 1. The van der Waals surface area contributed by atoms with Crippen molar-refractivity contribution < 1.29 is 0 Å². The zero-order valence-corrected chi connectivity index (χ0v) is 11.6. The molecule has 3 aliphatic rings. The molecule has 0 unspecified atom stereocenters. The molecule has 4 rings (SSSR count). The Bertz CT molecular complexity index is 397. The van der Waals surface area contributed by atoms with Gasteiger partial charge in [-0.3, -0.25) is 14.7 Å². The van der Waals surface area contributed by atoms with Crippen molar-refractivity contribution in [2.75, 3.05) is 39.3 Å². The summed E-state index contributed by atoms with van der Waals surface area (Å²) < 4.78 is 0. The summed E-state index contributed by atoms with van der Waals surface area (Å²) in [5, 5.41) is 0. The lowest BCUT2D eigenvalue weighted by Crippen LogP contribution is -2.74. The van der Waals surface area contributed by atoms with E-state index in [1.807, 2.05) is 0 Å². The van der Waals surface area contributed by atoms with Gasteiger partial charge in [0, 0.05) is 44.8 Å². The first-order valence-electron chi connectivity index (χ1n) is 7.73. The molecule has 3 aliphatic heterocycles. The van der Waals surface area contributed by atoms with Crippen molar-refractivity contribution >= 4 is 0 Å². The Hall–Kier alpha value is -0.900. The maximum Gasteiger partial charge on any atom is 0.158 e. The van der Waals surface area contributed by atoms with E-state index in [9.17, 15) is 0 Å². The van der Waals surface area contributed by atoms with Gasteiger partial charge in [0.1, 0.15) is 0 Å². The fourth-order valence-electron chi connectivity index (χ4n) is 4.44. The van der Waals surface area contributed by atoms with Gasteiger partial charge in [-0.2, -0.15) is 0 Å². The maximum atomic E-state index is 2.73. The average Bonchev–Trinajstić information content (AvgIpc) is 2.49. The van der Waals surface area contributed by atoms with Crippen LogP contribution in [0.5, 0.6) is 0 Å². The molecule has 0 N–H and O–H groups in total. The van der Waals surface area contributed by atoms with E-state index in [1.54, 1.807) is 0 Å². The van der Waals surface area contributed by atoms with E-state index in [0.29, 0.717) is 0 Å². The van der Waals surface area contributed by atoms with E-state index in [4.69, 9.17) is 0 Å². The van der Waals surface area contributed by atoms with E-state index < -0.39 is 0 Å². The fourth-order valence-corrected chi connectivity index (χ4v) is 4.44. The first-order chi connectivity index (χ1) is 9.42. The van der Waals surface area contributed by atoms with Gasteiger partial charge in [-0.25, -0.2) is 0 Å². The second-order valence-corrected chi connectivity index (χ2v) is 6.02. The number of hydrogen-bond acceptors (Lipinski definition) is 3. The molecule has 0 spiro atoms. The summed E-state index contributed by atoms with van der Waals surface area (Å²) in [6.45, 7) is 7.51. The molecule has 3 heteroatoms. The Balaban J connectivity index is 1.86. The third-order valence-electron chi connectivity index (χ3n) is 5.05. The summed E-state index contributed by atoms with van der Waals surface area (Å²) in [5.74, 6) is 0.0794. The Morgan fingerprint density at radius 2 is 1.05 bits per heavy atom. The second-order valence-electron chi connectivity index (χ2n) is 6.02. The minimum atomic E-state index is 0.0794. The fraction of sp³-hybridized carbons (Fsp3) is 0.625. The molecule has 0 bridgehead atoms. The van der Waals surface area contributed by atoms with Crippen molar-refractivity contribution in [2.24, 2.45) is 0 Å². The lowest BCUT2D eigenvalue weighted by Gasteiger charge is -2.64. The quantitative estimate of drug-likeness (QED) is 0.761. The normalized spacial score (nSPS) is 28.0. The van der Waals surface area contributed by atoms with Crippen LogP contribution in [0.15, 0.2) is 30.3 Å². The third kappa shape index (κ3) is 1.62. The van der Waals surface area contributed by atoms with Crippen LogP contribution in [-0.4, -0.2) is 54.0 Å². The molecular formula is C16H23N3. The van der Waals surface area contributed by atoms with Crippen molar-refractivity contribution in [3.8, 4) is 0 Å². The van der Waals surface area contributed by atoms with Crippen LogP contribution in [0.3, 0.4) is 0 Å². The highest BCUT2D eigenvalue weighted by Crippen LogP contribution is 2.43. The first kappa shape index (κ1) is 11.9. The molecule has 0 atom stereocenters. The van der Waals surface area contributed by atoms with Crippen molar-refractivity contribution in [1.82, 2.24) is 14.7 Å². The summed E-state index contributed by atoms with van der Waals surface area (Å²) in [6.07, 6.45) is 3.97.